The fourth-order valence-electron chi connectivity index (χ4n) is 1.62. The van der Waals surface area contributed by atoms with Crippen molar-refractivity contribution in [2.75, 3.05) is 0 Å². The van der Waals surface area contributed by atoms with Crippen LogP contribution in [0.2, 0.25) is 5.02 Å². The molecule has 1 aromatic carbocycles. The standard InChI is InChI=1S/C13H14ClN3O5S/c1-8(13(18)21-7-12-15-9(2)16-22-12)17-23(19,20)11-5-3-10(14)4-6-11/h3-6,8,17H,7H2,1-2H3/t8-/m0/s1. The number of aryl methyl sites for hydroxylation is 1. The average molecular weight is 360 g/mol. The van der Waals surface area contributed by atoms with Crippen molar-refractivity contribution >= 4 is 27.6 Å². The lowest BCUT2D eigenvalue weighted by atomic mass is 10.4. The van der Waals surface area contributed by atoms with Crippen LogP contribution >= 0.6 is 11.6 Å². The number of nitrogens with one attached hydrogen (secondary N) is 1. The highest BCUT2D eigenvalue weighted by Gasteiger charge is 2.23. The molecule has 23 heavy (non-hydrogen) atoms. The Labute approximate surface area is 137 Å². The van der Waals surface area contributed by atoms with Crippen LogP contribution in [-0.2, 0) is 26.2 Å². The highest BCUT2D eigenvalue weighted by Crippen LogP contribution is 2.14. The summed E-state index contributed by atoms with van der Waals surface area (Å²) in [6.07, 6.45) is 0. The Balaban J connectivity index is 1.95. The van der Waals surface area contributed by atoms with Gasteiger partial charge in [-0.1, -0.05) is 16.8 Å². The summed E-state index contributed by atoms with van der Waals surface area (Å²) in [4.78, 5) is 15.7. The largest absolute Gasteiger partial charge is 0.454 e. The molecule has 0 fully saturated rings. The van der Waals surface area contributed by atoms with Crippen molar-refractivity contribution in [2.24, 2.45) is 0 Å². The summed E-state index contributed by atoms with van der Waals surface area (Å²) in [5.41, 5.74) is 0. The second kappa shape index (κ2) is 7.07. The molecular weight excluding hydrogens is 346 g/mol. The van der Waals surface area contributed by atoms with E-state index in [9.17, 15) is 13.2 Å². The minimum Gasteiger partial charge on any atom is -0.454 e. The van der Waals surface area contributed by atoms with Crippen LogP contribution in [0, 0.1) is 6.92 Å². The quantitative estimate of drug-likeness (QED) is 0.776. The molecule has 0 spiro atoms. The van der Waals surface area contributed by atoms with Crippen molar-refractivity contribution in [3.63, 3.8) is 0 Å². The zero-order valence-corrected chi connectivity index (χ0v) is 13.9. The van der Waals surface area contributed by atoms with Crippen LogP contribution in [0.4, 0.5) is 0 Å². The number of rotatable bonds is 6. The lowest BCUT2D eigenvalue weighted by Crippen LogP contribution is -2.39. The van der Waals surface area contributed by atoms with E-state index in [-0.39, 0.29) is 17.4 Å². The van der Waals surface area contributed by atoms with Crippen molar-refractivity contribution in [3.8, 4) is 0 Å². The molecule has 1 N–H and O–H groups in total. The van der Waals surface area contributed by atoms with Gasteiger partial charge in [0.2, 0.25) is 10.0 Å². The maximum atomic E-state index is 12.1. The van der Waals surface area contributed by atoms with Crippen molar-refractivity contribution in [1.82, 2.24) is 14.9 Å². The highest BCUT2D eigenvalue weighted by molar-refractivity contribution is 7.89. The number of nitrogens with zero attached hydrogens (tertiary/aromatic N) is 2. The summed E-state index contributed by atoms with van der Waals surface area (Å²) < 4.78 is 36.2. The molecule has 0 saturated heterocycles. The van der Waals surface area contributed by atoms with Gasteiger partial charge in [-0.25, -0.2) is 8.42 Å². The summed E-state index contributed by atoms with van der Waals surface area (Å²) in [7, 11) is -3.86. The molecule has 0 aliphatic carbocycles. The summed E-state index contributed by atoms with van der Waals surface area (Å²) in [6, 6.07) is 4.47. The van der Waals surface area contributed by atoms with Gasteiger partial charge >= 0.3 is 5.97 Å². The predicted octanol–water partition coefficient (Wildman–Crippen LogP) is 1.44. The van der Waals surface area contributed by atoms with Crippen LogP contribution in [0.15, 0.2) is 33.7 Å². The van der Waals surface area contributed by atoms with Gasteiger partial charge in [-0.2, -0.15) is 9.71 Å². The number of sulfonamides is 1. The zero-order valence-electron chi connectivity index (χ0n) is 12.3. The number of carbonyl (C=O) groups excluding carboxylic acids is 1. The van der Waals surface area contributed by atoms with Crippen LogP contribution < -0.4 is 4.72 Å². The third-order valence-corrected chi connectivity index (χ3v) is 4.53. The number of carbonyl (C=O) groups is 1. The first-order chi connectivity index (χ1) is 10.8. The van der Waals surface area contributed by atoms with E-state index in [0.717, 1.165) is 0 Å². The number of hydrogen-bond donors (Lipinski definition) is 1. The number of hydrogen-bond acceptors (Lipinski definition) is 7. The first-order valence-corrected chi connectivity index (χ1v) is 8.38. The molecule has 8 nitrogen and oxygen atoms in total. The van der Waals surface area contributed by atoms with Gasteiger partial charge in [-0.3, -0.25) is 4.79 Å². The van der Waals surface area contributed by atoms with Crippen LogP contribution in [0.5, 0.6) is 0 Å². The monoisotopic (exact) mass is 359 g/mol. The Bertz CT molecular complexity index is 788. The van der Waals surface area contributed by atoms with E-state index in [2.05, 4.69) is 14.9 Å². The highest BCUT2D eigenvalue weighted by atomic mass is 35.5. The van der Waals surface area contributed by atoms with E-state index in [0.29, 0.717) is 10.8 Å². The van der Waals surface area contributed by atoms with Crippen molar-refractivity contribution in [2.45, 2.75) is 31.4 Å². The molecule has 0 radical (unpaired) electrons. The molecule has 0 aliphatic rings. The van der Waals surface area contributed by atoms with Gasteiger partial charge in [0.15, 0.2) is 12.4 Å². The molecule has 0 aliphatic heterocycles. The number of ether oxygens (including phenoxy) is 1. The molecule has 0 amide bonds. The molecule has 2 aromatic rings. The Hall–Kier alpha value is -1.97. The average Bonchev–Trinajstić information content (AvgIpc) is 2.90. The van der Waals surface area contributed by atoms with Gasteiger partial charge in [0, 0.05) is 5.02 Å². The summed E-state index contributed by atoms with van der Waals surface area (Å²) >= 11 is 5.71. The molecule has 0 bridgehead atoms. The fourth-order valence-corrected chi connectivity index (χ4v) is 2.94. The molecule has 1 atom stereocenters. The normalized spacial score (nSPS) is 12.8. The predicted molar refractivity (Wildman–Crippen MR) is 80.1 cm³/mol. The third kappa shape index (κ3) is 4.75. The van der Waals surface area contributed by atoms with Crippen molar-refractivity contribution in [3.05, 3.63) is 41.0 Å². The Morgan fingerprint density at radius 1 is 1.39 bits per heavy atom. The Morgan fingerprint density at radius 2 is 2.04 bits per heavy atom. The zero-order chi connectivity index (χ0) is 17.0. The SMILES string of the molecule is Cc1noc(COC(=O)[C@H](C)NS(=O)(=O)c2ccc(Cl)cc2)n1. The van der Waals surface area contributed by atoms with Crippen LogP contribution in [0.1, 0.15) is 18.6 Å². The summed E-state index contributed by atoms with van der Waals surface area (Å²) in [5, 5.41) is 3.95. The van der Waals surface area contributed by atoms with Gasteiger partial charge < -0.3 is 9.26 Å². The lowest BCUT2D eigenvalue weighted by molar-refractivity contribution is -0.147. The van der Waals surface area contributed by atoms with E-state index in [1.165, 1.54) is 31.2 Å². The minimum atomic E-state index is -3.86. The Kier molecular flexibility index (Phi) is 5.34. The van der Waals surface area contributed by atoms with Gasteiger partial charge in [-0.15, -0.1) is 0 Å². The first-order valence-electron chi connectivity index (χ1n) is 6.51. The first kappa shape index (κ1) is 17.4. The second-order valence-corrected chi connectivity index (χ2v) is 6.79. The van der Waals surface area contributed by atoms with Gasteiger partial charge in [-0.05, 0) is 38.1 Å². The van der Waals surface area contributed by atoms with E-state index in [1.807, 2.05) is 0 Å². The number of aromatic nitrogens is 2. The minimum absolute atomic E-state index is 0.00549. The second-order valence-electron chi connectivity index (χ2n) is 4.64. The molecule has 1 aromatic heterocycles. The molecule has 2 rings (SSSR count). The van der Waals surface area contributed by atoms with Crippen LogP contribution in [-0.4, -0.2) is 30.6 Å². The molecular formula is C13H14ClN3O5S. The van der Waals surface area contributed by atoms with E-state index >= 15 is 0 Å². The molecule has 1 heterocycles. The van der Waals surface area contributed by atoms with Gasteiger partial charge in [0.1, 0.15) is 6.04 Å². The van der Waals surface area contributed by atoms with Crippen molar-refractivity contribution < 1.29 is 22.5 Å². The maximum absolute atomic E-state index is 12.1. The van der Waals surface area contributed by atoms with E-state index in [1.54, 1.807) is 6.92 Å². The molecule has 124 valence electrons. The van der Waals surface area contributed by atoms with Crippen molar-refractivity contribution in [1.29, 1.82) is 0 Å². The Morgan fingerprint density at radius 3 is 2.61 bits per heavy atom. The topological polar surface area (TPSA) is 111 Å². The smallest absolute Gasteiger partial charge is 0.324 e. The fraction of sp³-hybridized carbons (Fsp3) is 0.308. The van der Waals surface area contributed by atoms with Crippen LogP contribution in [0.25, 0.3) is 0 Å². The molecule has 0 unspecified atom stereocenters. The lowest BCUT2D eigenvalue weighted by Gasteiger charge is -2.13. The number of esters is 1. The van der Waals surface area contributed by atoms with Gasteiger partial charge in [0.25, 0.3) is 5.89 Å². The van der Waals surface area contributed by atoms with E-state index < -0.39 is 22.0 Å². The summed E-state index contributed by atoms with van der Waals surface area (Å²) in [6.45, 7) is 2.76. The molecule has 0 saturated carbocycles. The number of benzene rings is 1. The summed E-state index contributed by atoms with van der Waals surface area (Å²) in [5.74, 6) is -0.227. The van der Waals surface area contributed by atoms with Gasteiger partial charge in [0.05, 0.1) is 4.90 Å². The van der Waals surface area contributed by atoms with E-state index in [4.69, 9.17) is 20.9 Å². The third-order valence-electron chi connectivity index (χ3n) is 2.72. The molecule has 10 heteroatoms. The van der Waals surface area contributed by atoms with Crippen LogP contribution in [0.3, 0.4) is 0 Å². The maximum Gasteiger partial charge on any atom is 0.324 e. The number of halogens is 1.